The van der Waals surface area contributed by atoms with Gasteiger partial charge in [-0.05, 0) is 61.5 Å². The van der Waals surface area contributed by atoms with Crippen LogP contribution in [0.15, 0.2) is 12.1 Å². The Kier molecular flexibility index (Phi) is 4.89. The first-order valence-corrected chi connectivity index (χ1v) is 7.69. The molecule has 106 valence electrons. The number of nitrogens with two attached hydrogens (primary N) is 1. The second kappa shape index (κ2) is 6.26. The minimum Gasteiger partial charge on any atom is -0.397 e. The topological polar surface area (TPSA) is 32.5 Å². The van der Waals surface area contributed by atoms with Crippen molar-refractivity contribution in [1.82, 2.24) is 4.90 Å². The van der Waals surface area contributed by atoms with Crippen molar-refractivity contribution in [3.8, 4) is 0 Å². The Labute approximate surface area is 128 Å². The summed E-state index contributed by atoms with van der Waals surface area (Å²) in [6, 6.07) is 3.29. The molecule has 2 rings (SSSR count). The van der Waals surface area contributed by atoms with Crippen molar-refractivity contribution in [1.29, 1.82) is 0 Å². The lowest BCUT2D eigenvalue weighted by atomic mass is 9.96. The lowest BCUT2D eigenvalue weighted by Gasteiger charge is -2.35. The zero-order valence-electron chi connectivity index (χ0n) is 11.5. The number of anilines is 2. The molecule has 0 saturated carbocycles. The molecule has 1 heterocycles. The molecule has 0 spiro atoms. The molecule has 19 heavy (non-hydrogen) atoms. The van der Waals surface area contributed by atoms with E-state index in [4.69, 9.17) is 5.73 Å². The molecule has 3 nitrogen and oxygen atoms in total. The molecular weight excluding hydrogens is 356 g/mol. The Morgan fingerprint density at radius 1 is 1.37 bits per heavy atom. The fraction of sp³-hybridized carbons (Fsp3) is 0.571. The predicted molar refractivity (Wildman–Crippen MR) is 87.0 cm³/mol. The Balaban J connectivity index is 2.03. The molecule has 0 bridgehead atoms. The van der Waals surface area contributed by atoms with E-state index in [2.05, 4.69) is 23.9 Å². The van der Waals surface area contributed by atoms with Crippen LogP contribution in [0.4, 0.5) is 15.8 Å². The van der Waals surface area contributed by atoms with Gasteiger partial charge in [0.25, 0.3) is 0 Å². The van der Waals surface area contributed by atoms with Crippen LogP contribution in [0.5, 0.6) is 0 Å². The number of rotatable bonds is 3. The van der Waals surface area contributed by atoms with Gasteiger partial charge in [-0.3, -0.25) is 0 Å². The predicted octanol–water partition coefficient (Wildman–Crippen LogP) is 2.79. The standard InChI is InChI=1S/C14H21FIN3/c1-18(2)9-10-3-5-19(6-4-10)14-7-11(15)12(16)8-13(14)17/h7-8,10H,3-6,9,17H2,1-2H3. The Morgan fingerprint density at radius 3 is 2.58 bits per heavy atom. The van der Waals surface area contributed by atoms with Crippen LogP contribution in [-0.2, 0) is 0 Å². The van der Waals surface area contributed by atoms with Crippen molar-refractivity contribution >= 4 is 34.0 Å². The van der Waals surface area contributed by atoms with Crippen molar-refractivity contribution in [2.45, 2.75) is 12.8 Å². The molecular formula is C14H21FIN3. The second-order valence-corrected chi connectivity index (χ2v) is 6.68. The molecule has 0 atom stereocenters. The number of piperidine rings is 1. The average Bonchev–Trinajstić information content (AvgIpc) is 2.34. The summed E-state index contributed by atoms with van der Waals surface area (Å²) in [5, 5.41) is 0. The Hall–Kier alpha value is -0.560. The van der Waals surface area contributed by atoms with Gasteiger partial charge in [0, 0.05) is 25.7 Å². The van der Waals surface area contributed by atoms with Gasteiger partial charge < -0.3 is 15.5 Å². The van der Waals surface area contributed by atoms with Gasteiger partial charge in [-0.15, -0.1) is 0 Å². The summed E-state index contributed by atoms with van der Waals surface area (Å²) in [7, 11) is 4.22. The van der Waals surface area contributed by atoms with Crippen molar-refractivity contribution in [3.63, 3.8) is 0 Å². The molecule has 0 aromatic heterocycles. The maximum atomic E-state index is 13.7. The zero-order chi connectivity index (χ0) is 14.0. The van der Waals surface area contributed by atoms with E-state index in [1.165, 1.54) is 0 Å². The smallest absolute Gasteiger partial charge is 0.138 e. The summed E-state index contributed by atoms with van der Waals surface area (Å²) in [4.78, 5) is 4.44. The normalized spacial score (nSPS) is 17.2. The van der Waals surface area contributed by atoms with Gasteiger partial charge in [-0.25, -0.2) is 4.39 Å². The molecule has 0 amide bonds. The van der Waals surface area contributed by atoms with Gasteiger partial charge in [-0.2, -0.15) is 0 Å². The zero-order valence-corrected chi connectivity index (χ0v) is 13.7. The minimum absolute atomic E-state index is 0.180. The highest BCUT2D eigenvalue weighted by Crippen LogP contribution is 2.31. The van der Waals surface area contributed by atoms with E-state index in [-0.39, 0.29) is 5.82 Å². The maximum absolute atomic E-state index is 13.7. The number of nitrogen functional groups attached to an aromatic ring is 1. The van der Waals surface area contributed by atoms with Gasteiger partial charge in [0.15, 0.2) is 0 Å². The highest BCUT2D eigenvalue weighted by Gasteiger charge is 2.21. The van der Waals surface area contributed by atoms with E-state index in [9.17, 15) is 4.39 Å². The Bertz CT molecular complexity index is 443. The number of benzene rings is 1. The fourth-order valence-electron chi connectivity index (χ4n) is 2.70. The SMILES string of the molecule is CN(C)CC1CCN(c2cc(F)c(I)cc2N)CC1. The molecule has 0 unspecified atom stereocenters. The molecule has 0 radical (unpaired) electrons. The van der Waals surface area contributed by atoms with Gasteiger partial charge in [0.05, 0.1) is 14.9 Å². The summed E-state index contributed by atoms with van der Waals surface area (Å²) < 4.78 is 14.3. The first-order chi connectivity index (χ1) is 8.97. The largest absolute Gasteiger partial charge is 0.397 e. The average molecular weight is 377 g/mol. The molecule has 1 aromatic carbocycles. The van der Waals surface area contributed by atoms with Gasteiger partial charge in [0.2, 0.25) is 0 Å². The van der Waals surface area contributed by atoms with Gasteiger partial charge in [-0.1, -0.05) is 0 Å². The highest BCUT2D eigenvalue weighted by atomic mass is 127. The second-order valence-electron chi connectivity index (χ2n) is 5.52. The van der Waals surface area contributed by atoms with Crippen LogP contribution < -0.4 is 10.6 Å². The van der Waals surface area contributed by atoms with Crippen molar-refractivity contribution < 1.29 is 4.39 Å². The first-order valence-electron chi connectivity index (χ1n) is 6.61. The Morgan fingerprint density at radius 2 is 2.00 bits per heavy atom. The van der Waals surface area contributed by atoms with Crippen LogP contribution >= 0.6 is 22.6 Å². The maximum Gasteiger partial charge on any atom is 0.138 e. The fourth-order valence-corrected chi connectivity index (χ4v) is 3.19. The molecule has 5 heteroatoms. The molecule has 1 saturated heterocycles. The molecule has 1 aromatic rings. The van der Waals surface area contributed by atoms with Crippen LogP contribution in [0.25, 0.3) is 0 Å². The summed E-state index contributed by atoms with van der Waals surface area (Å²) in [5.74, 6) is 0.557. The third-order valence-corrected chi connectivity index (χ3v) is 4.47. The lowest BCUT2D eigenvalue weighted by molar-refractivity contribution is 0.285. The third-order valence-electron chi connectivity index (χ3n) is 3.65. The van der Waals surface area contributed by atoms with Gasteiger partial charge in [0.1, 0.15) is 5.82 Å². The molecule has 1 aliphatic heterocycles. The van der Waals surface area contributed by atoms with Crippen molar-refractivity contribution in [3.05, 3.63) is 21.5 Å². The monoisotopic (exact) mass is 377 g/mol. The number of hydrogen-bond donors (Lipinski definition) is 1. The number of nitrogens with zero attached hydrogens (tertiary/aromatic N) is 2. The molecule has 1 aliphatic rings. The van der Waals surface area contributed by atoms with Crippen molar-refractivity contribution in [2.75, 3.05) is 44.4 Å². The van der Waals surface area contributed by atoms with E-state index in [1.54, 1.807) is 12.1 Å². The lowest BCUT2D eigenvalue weighted by Crippen LogP contribution is -2.37. The van der Waals surface area contributed by atoms with Crippen molar-refractivity contribution in [2.24, 2.45) is 5.92 Å². The van der Waals surface area contributed by atoms with Gasteiger partial charge >= 0.3 is 0 Å². The summed E-state index contributed by atoms with van der Waals surface area (Å²) in [6.45, 7) is 3.05. The van der Waals surface area contributed by atoms with Crippen LogP contribution in [-0.4, -0.2) is 38.6 Å². The summed E-state index contributed by atoms with van der Waals surface area (Å²) >= 11 is 1.97. The summed E-state index contributed by atoms with van der Waals surface area (Å²) in [5.41, 5.74) is 7.54. The molecule has 1 fully saturated rings. The first kappa shape index (κ1) is 14.8. The van der Waals surface area contributed by atoms with E-state index in [0.717, 1.165) is 44.1 Å². The van der Waals surface area contributed by atoms with E-state index in [0.29, 0.717) is 9.26 Å². The van der Waals surface area contributed by atoms with Crippen LogP contribution in [0.1, 0.15) is 12.8 Å². The van der Waals surface area contributed by atoms with Crippen LogP contribution in [0.3, 0.4) is 0 Å². The molecule has 2 N–H and O–H groups in total. The van der Waals surface area contributed by atoms with E-state index >= 15 is 0 Å². The van der Waals surface area contributed by atoms with Crippen LogP contribution in [0.2, 0.25) is 0 Å². The quantitative estimate of drug-likeness (QED) is 0.650. The third kappa shape index (κ3) is 3.72. The van der Waals surface area contributed by atoms with Crippen LogP contribution in [0, 0.1) is 15.3 Å². The van der Waals surface area contributed by atoms with E-state index in [1.807, 2.05) is 22.6 Å². The van der Waals surface area contributed by atoms with E-state index < -0.39 is 0 Å². The summed E-state index contributed by atoms with van der Waals surface area (Å²) in [6.07, 6.45) is 2.29. The highest BCUT2D eigenvalue weighted by molar-refractivity contribution is 14.1. The molecule has 0 aliphatic carbocycles. The minimum atomic E-state index is -0.180. The number of hydrogen-bond acceptors (Lipinski definition) is 3. The number of halogens is 2.